The Morgan fingerprint density at radius 2 is 1.74 bits per heavy atom. The number of likely N-dealkylation sites (tertiary alicyclic amines) is 1. The smallest absolute Gasteiger partial charge is 0.410 e. The number of carbonyl (C=O) groups excluding carboxylic acids is 2. The van der Waals surface area contributed by atoms with E-state index in [-0.39, 0.29) is 31.0 Å². The van der Waals surface area contributed by atoms with Crippen molar-refractivity contribution in [2.24, 2.45) is 5.92 Å². The first kappa shape index (κ1) is 19.7. The molecule has 134 valence electrons. The quantitative estimate of drug-likeness (QED) is 0.695. The molecule has 0 aliphatic carbocycles. The van der Waals surface area contributed by atoms with Gasteiger partial charge in [0.1, 0.15) is 5.60 Å². The Hall–Kier alpha value is -1.35. The van der Waals surface area contributed by atoms with E-state index in [2.05, 4.69) is 10.0 Å². The van der Waals surface area contributed by atoms with Gasteiger partial charge in [0.25, 0.3) is 0 Å². The van der Waals surface area contributed by atoms with Gasteiger partial charge in [-0.3, -0.25) is 4.79 Å². The van der Waals surface area contributed by atoms with E-state index in [9.17, 15) is 18.0 Å². The van der Waals surface area contributed by atoms with Crippen molar-refractivity contribution in [3.05, 3.63) is 0 Å². The molecule has 1 saturated heterocycles. The van der Waals surface area contributed by atoms with E-state index in [4.69, 9.17) is 4.74 Å². The Kier molecular flexibility index (Phi) is 6.82. The molecular formula is C14H27N3O5S. The van der Waals surface area contributed by atoms with E-state index in [0.717, 1.165) is 6.26 Å². The zero-order valence-corrected chi connectivity index (χ0v) is 15.0. The molecule has 1 heterocycles. The number of rotatable bonds is 5. The fraction of sp³-hybridized carbons (Fsp3) is 0.857. The van der Waals surface area contributed by atoms with Crippen molar-refractivity contribution in [3.8, 4) is 0 Å². The van der Waals surface area contributed by atoms with Gasteiger partial charge in [-0.15, -0.1) is 0 Å². The molecule has 0 aromatic carbocycles. The number of ether oxygens (including phenoxy) is 1. The van der Waals surface area contributed by atoms with Crippen molar-refractivity contribution < 1.29 is 22.7 Å². The first-order valence-electron chi connectivity index (χ1n) is 7.68. The second-order valence-electron chi connectivity index (χ2n) is 6.70. The summed E-state index contributed by atoms with van der Waals surface area (Å²) in [5, 5.41) is 2.71. The van der Waals surface area contributed by atoms with Crippen LogP contribution in [-0.4, -0.2) is 63.4 Å². The number of nitrogens with one attached hydrogen (secondary N) is 2. The Bertz CT molecular complexity index is 519. The predicted octanol–water partition coefficient (Wildman–Crippen LogP) is 0.299. The number of sulfonamides is 1. The van der Waals surface area contributed by atoms with Gasteiger partial charge in [-0.05, 0) is 33.6 Å². The normalized spacial score (nSPS) is 17.0. The van der Waals surface area contributed by atoms with Crippen LogP contribution in [0.2, 0.25) is 0 Å². The van der Waals surface area contributed by atoms with Gasteiger partial charge in [-0.25, -0.2) is 17.9 Å². The number of nitrogens with zero attached hydrogens (tertiary/aromatic N) is 1. The molecule has 0 saturated carbocycles. The molecule has 1 aliphatic rings. The average Bonchev–Trinajstić information content (AvgIpc) is 2.40. The fourth-order valence-corrected chi connectivity index (χ4v) is 2.69. The fourth-order valence-electron chi connectivity index (χ4n) is 2.22. The van der Waals surface area contributed by atoms with Gasteiger partial charge in [0.15, 0.2) is 0 Å². The number of amides is 2. The van der Waals surface area contributed by atoms with Crippen LogP contribution >= 0.6 is 0 Å². The van der Waals surface area contributed by atoms with E-state index in [0.29, 0.717) is 25.9 Å². The number of carbonyl (C=O) groups is 2. The molecule has 0 radical (unpaired) electrons. The third kappa shape index (κ3) is 8.17. The monoisotopic (exact) mass is 349 g/mol. The topological polar surface area (TPSA) is 105 Å². The number of hydrogen-bond acceptors (Lipinski definition) is 5. The molecule has 0 aromatic rings. The molecule has 1 fully saturated rings. The molecule has 8 nitrogen and oxygen atoms in total. The zero-order valence-electron chi connectivity index (χ0n) is 14.2. The van der Waals surface area contributed by atoms with Crippen LogP contribution < -0.4 is 10.0 Å². The van der Waals surface area contributed by atoms with Crippen LogP contribution in [0.4, 0.5) is 4.79 Å². The second-order valence-corrected chi connectivity index (χ2v) is 8.53. The van der Waals surface area contributed by atoms with E-state index in [1.165, 1.54) is 0 Å². The van der Waals surface area contributed by atoms with Crippen molar-refractivity contribution in [1.29, 1.82) is 0 Å². The third-order valence-corrected chi connectivity index (χ3v) is 4.03. The highest BCUT2D eigenvalue weighted by molar-refractivity contribution is 7.88. The maximum Gasteiger partial charge on any atom is 0.410 e. The molecule has 9 heteroatoms. The summed E-state index contributed by atoms with van der Waals surface area (Å²) in [7, 11) is -3.24. The van der Waals surface area contributed by atoms with Crippen LogP contribution in [0.5, 0.6) is 0 Å². The third-order valence-electron chi connectivity index (χ3n) is 3.31. The molecular weight excluding hydrogens is 322 g/mol. The van der Waals surface area contributed by atoms with Gasteiger partial charge in [0.05, 0.1) is 6.26 Å². The maximum atomic E-state index is 12.0. The van der Waals surface area contributed by atoms with Crippen molar-refractivity contribution in [2.75, 3.05) is 32.4 Å². The SMILES string of the molecule is CC(C)(C)OC(=O)N1CCC(C(=O)NCCNS(C)(=O)=O)CC1. The average molecular weight is 349 g/mol. The van der Waals surface area contributed by atoms with Crippen molar-refractivity contribution in [1.82, 2.24) is 14.9 Å². The molecule has 2 amide bonds. The predicted molar refractivity (Wildman–Crippen MR) is 86.4 cm³/mol. The molecule has 0 aromatic heterocycles. The molecule has 0 bridgehead atoms. The summed E-state index contributed by atoms with van der Waals surface area (Å²) in [6, 6.07) is 0. The minimum absolute atomic E-state index is 0.107. The van der Waals surface area contributed by atoms with E-state index >= 15 is 0 Å². The van der Waals surface area contributed by atoms with E-state index in [1.807, 2.05) is 20.8 Å². The standard InChI is InChI=1S/C14H27N3O5S/c1-14(2,3)22-13(19)17-9-5-11(6-10-17)12(18)15-7-8-16-23(4,20)21/h11,16H,5-10H2,1-4H3,(H,15,18). The lowest BCUT2D eigenvalue weighted by atomic mass is 9.96. The Morgan fingerprint density at radius 1 is 1.17 bits per heavy atom. The van der Waals surface area contributed by atoms with Crippen molar-refractivity contribution in [3.63, 3.8) is 0 Å². The summed E-state index contributed by atoms with van der Waals surface area (Å²) in [4.78, 5) is 25.5. The lowest BCUT2D eigenvalue weighted by Gasteiger charge is -2.32. The van der Waals surface area contributed by atoms with Crippen molar-refractivity contribution >= 4 is 22.0 Å². The minimum Gasteiger partial charge on any atom is -0.444 e. The largest absolute Gasteiger partial charge is 0.444 e. The number of piperidine rings is 1. The van der Waals surface area contributed by atoms with Gasteiger partial charge in [-0.1, -0.05) is 0 Å². The highest BCUT2D eigenvalue weighted by atomic mass is 32.2. The highest BCUT2D eigenvalue weighted by Crippen LogP contribution is 2.19. The summed E-state index contributed by atoms with van der Waals surface area (Å²) in [5.74, 6) is -0.268. The molecule has 2 N–H and O–H groups in total. The molecule has 23 heavy (non-hydrogen) atoms. The summed E-state index contributed by atoms with van der Waals surface area (Å²) in [6.45, 7) is 6.82. The lowest BCUT2D eigenvalue weighted by molar-refractivity contribution is -0.126. The molecule has 0 unspecified atom stereocenters. The van der Waals surface area contributed by atoms with Crippen molar-refractivity contribution in [2.45, 2.75) is 39.2 Å². The van der Waals surface area contributed by atoms with Gasteiger partial charge < -0.3 is 15.0 Å². The first-order chi connectivity index (χ1) is 10.5. The molecule has 0 atom stereocenters. The van der Waals surface area contributed by atoms with Gasteiger partial charge >= 0.3 is 6.09 Å². The maximum absolute atomic E-state index is 12.0. The lowest BCUT2D eigenvalue weighted by Crippen LogP contribution is -2.45. The summed E-state index contributed by atoms with van der Waals surface area (Å²) < 4.78 is 29.4. The molecule has 1 rings (SSSR count). The number of hydrogen-bond donors (Lipinski definition) is 2. The van der Waals surface area contributed by atoms with Crippen LogP contribution in [-0.2, 0) is 19.6 Å². The van der Waals surface area contributed by atoms with Gasteiger partial charge in [0.2, 0.25) is 15.9 Å². The van der Waals surface area contributed by atoms with Crippen LogP contribution in [0.15, 0.2) is 0 Å². The molecule has 0 spiro atoms. The van der Waals surface area contributed by atoms with E-state index < -0.39 is 15.6 Å². The Labute approximate surface area is 138 Å². The summed E-state index contributed by atoms with van der Waals surface area (Å²) in [5.41, 5.74) is -0.530. The zero-order chi connectivity index (χ0) is 17.7. The highest BCUT2D eigenvalue weighted by Gasteiger charge is 2.29. The van der Waals surface area contributed by atoms with E-state index in [1.54, 1.807) is 4.90 Å². The van der Waals surface area contributed by atoms with Crippen LogP contribution in [0.25, 0.3) is 0 Å². The second kappa shape index (κ2) is 7.96. The summed E-state index contributed by atoms with van der Waals surface area (Å²) in [6.07, 6.45) is 1.87. The summed E-state index contributed by atoms with van der Waals surface area (Å²) >= 11 is 0. The Balaban J connectivity index is 2.30. The molecule has 1 aliphatic heterocycles. The Morgan fingerprint density at radius 3 is 2.22 bits per heavy atom. The first-order valence-corrected chi connectivity index (χ1v) is 9.57. The van der Waals surface area contributed by atoms with Crippen LogP contribution in [0.1, 0.15) is 33.6 Å². The van der Waals surface area contributed by atoms with Crippen LogP contribution in [0, 0.1) is 5.92 Å². The van der Waals surface area contributed by atoms with Crippen LogP contribution in [0.3, 0.4) is 0 Å². The minimum atomic E-state index is -3.24. The van der Waals surface area contributed by atoms with Gasteiger partial charge in [-0.2, -0.15) is 0 Å². The van der Waals surface area contributed by atoms with Gasteiger partial charge in [0, 0.05) is 32.1 Å².